The van der Waals surface area contributed by atoms with Crippen molar-refractivity contribution in [2.75, 3.05) is 19.3 Å². The number of hydrogen-bond donors (Lipinski definition) is 1. The average Bonchev–Trinajstić information content (AvgIpc) is 3.13. The van der Waals surface area contributed by atoms with E-state index in [0.717, 1.165) is 6.26 Å². The molecule has 1 aliphatic heterocycles. The Bertz CT molecular complexity index is 931. The van der Waals surface area contributed by atoms with Crippen molar-refractivity contribution in [3.8, 4) is 0 Å². The van der Waals surface area contributed by atoms with Crippen molar-refractivity contribution in [3.63, 3.8) is 0 Å². The fourth-order valence-corrected chi connectivity index (χ4v) is 7.13. The Morgan fingerprint density at radius 3 is 2.11 bits per heavy atom. The van der Waals surface area contributed by atoms with Crippen LogP contribution >= 0.6 is 11.6 Å². The summed E-state index contributed by atoms with van der Waals surface area (Å²) >= 11 is 5.87. The summed E-state index contributed by atoms with van der Waals surface area (Å²) in [5.41, 5.74) is 0. The van der Waals surface area contributed by atoms with Crippen molar-refractivity contribution >= 4 is 37.4 Å². The summed E-state index contributed by atoms with van der Waals surface area (Å²) in [6, 6.07) is 5.67. The van der Waals surface area contributed by atoms with Crippen LogP contribution in [0.15, 0.2) is 29.2 Å². The quantitative estimate of drug-likeness (QED) is 0.742. The van der Waals surface area contributed by atoms with Gasteiger partial charge in [0.05, 0.1) is 11.2 Å². The van der Waals surface area contributed by atoms with Gasteiger partial charge in [0.15, 0.2) is 14.6 Å². The van der Waals surface area contributed by atoms with Crippen LogP contribution in [0, 0.1) is 0 Å². The summed E-state index contributed by atoms with van der Waals surface area (Å²) in [4.78, 5) is 13.3. The minimum Gasteiger partial charge on any atom is -0.352 e. The van der Waals surface area contributed by atoms with Crippen LogP contribution in [0.2, 0.25) is 5.02 Å². The van der Waals surface area contributed by atoms with E-state index >= 15 is 0 Å². The summed E-state index contributed by atoms with van der Waals surface area (Å²) in [5.74, 6) is -0.474. The van der Waals surface area contributed by atoms with Crippen LogP contribution in [-0.2, 0) is 24.7 Å². The molecule has 7 nitrogen and oxygen atoms in total. The Balaban J connectivity index is 1.79. The number of halogens is 1. The lowest BCUT2D eigenvalue weighted by atomic mass is 10.0. The summed E-state index contributed by atoms with van der Waals surface area (Å²) in [6.07, 6.45) is 4.02. The number of nitrogens with one attached hydrogen (secondary N) is 1. The third-order valence-corrected chi connectivity index (χ3v) is 9.79. The molecule has 2 fully saturated rings. The first-order valence-corrected chi connectivity index (χ1v) is 13.0. The van der Waals surface area contributed by atoms with Crippen LogP contribution in [0.1, 0.15) is 38.5 Å². The van der Waals surface area contributed by atoms with Gasteiger partial charge in [-0.05, 0) is 49.9 Å². The molecule has 1 saturated heterocycles. The molecule has 1 heterocycles. The molecule has 0 radical (unpaired) electrons. The maximum Gasteiger partial charge on any atom is 0.242 e. The highest BCUT2D eigenvalue weighted by atomic mass is 35.5. The molecule has 1 N–H and O–H groups in total. The van der Waals surface area contributed by atoms with Crippen molar-refractivity contribution < 1.29 is 21.6 Å². The van der Waals surface area contributed by atoms with Crippen LogP contribution in [-0.4, -0.2) is 57.2 Å². The maximum atomic E-state index is 13.3. The molecular weight excluding hydrogens is 424 g/mol. The number of nitrogens with zero attached hydrogens (tertiary/aromatic N) is 1. The van der Waals surface area contributed by atoms with E-state index in [-0.39, 0.29) is 23.8 Å². The van der Waals surface area contributed by atoms with Crippen LogP contribution < -0.4 is 5.32 Å². The molecule has 0 bridgehead atoms. The van der Waals surface area contributed by atoms with E-state index in [2.05, 4.69) is 5.32 Å². The molecule has 1 amide bonds. The molecule has 1 aromatic rings. The number of carbonyl (C=O) groups is 1. The molecule has 28 heavy (non-hydrogen) atoms. The highest BCUT2D eigenvalue weighted by molar-refractivity contribution is 7.93. The van der Waals surface area contributed by atoms with Gasteiger partial charge in [-0.25, -0.2) is 21.1 Å². The monoisotopic (exact) mass is 448 g/mol. The van der Waals surface area contributed by atoms with Gasteiger partial charge in [0, 0.05) is 24.2 Å². The van der Waals surface area contributed by atoms with Gasteiger partial charge in [0.2, 0.25) is 15.9 Å². The van der Waals surface area contributed by atoms with Crippen LogP contribution in [0.4, 0.5) is 0 Å². The second-order valence-corrected chi connectivity index (χ2v) is 12.2. The predicted molar refractivity (Wildman–Crippen MR) is 107 cm³/mol. The SMILES string of the molecule is CS(=O)(=O)N1CCC(NC(=O)C2(S(=O)(=O)c3ccc(Cl)cc3)CCCC2)CC1. The molecule has 0 spiro atoms. The number of benzene rings is 1. The van der Waals surface area contributed by atoms with E-state index in [1.165, 1.54) is 28.6 Å². The lowest BCUT2D eigenvalue weighted by molar-refractivity contribution is -0.124. The van der Waals surface area contributed by atoms with Gasteiger partial charge in [-0.1, -0.05) is 24.4 Å². The molecule has 1 aromatic carbocycles. The summed E-state index contributed by atoms with van der Waals surface area (Å²) in [7, 11) is -7.13. The van der Waals surface area contributed by atoms with Gasteiger partial charge in [0.1, 0.15) is 0 Å². The van der Waals surface area contributed by atoms with Crippen molar-refractivity contribution in [2.24, 2.45) is 0 Å². The lowest BCUT2D eigenvalue weighted by Crippen LogP contribution is -2.55. The predicted octanol–water partition coefficient (Wildman–Crippen LogP) is 1.97. The highest BCUT2D eigenvalue weighted by Crippen LogP contribution is 2.41. The van der Waals surface area contributed by atoms with Gasteiger partial charge in [-0.3, -0.25) is 4.79 Å². The maximum absolute atomic E-state index is 13.3. The smallest absolute Gasteiger partial charge is 0.242 e. The Morgan fingerprint density at radius 1 is 1.07 bits per heavy atom. The minimum atomic E-state index is -3.88. The first-order chi connectivity index (χ1) is 13.1. The zero-order chi connectivity index (χ0) is 20.6. The van der Waals surface area contributed by atoms with Gasteiger partial charge in [-0.15, -0.1) is 0 Å². The molecule has 0 aromatic heterocycles. The Morgan fingerprint density at radius 2 is 1.61 bits per heavy atom. The molecule has 2 aliphatic rings. The number of piperidine rings is 1. The van der Waals surface area contributed by atoms with Crippen molar-refractivity contribution in [1.29, 1.82) is 0 Å². The fourth-order valence-electron chi connectivity index (χ4n) is 4.05. The van der Waals surface area contributed by atoms with Crippen LogP contribution in [0.3, 0.4) is 0 Å². The molecule has 0 atom stereocenters. The Kier molecular flexibility index (Phi) is 6.10. The molecule has 3 rings (SSSR count). The second kappa shape index (κ2) is 7.93. The fraction of sp³-hybridized carbons (Fsp3) is 0.611. The van der Waals surface area contributed by atoms with Gasteiger partial charge < -0.3 is 5.32 Å². The molecule has 10 heteroatoms. The lowest BCUT2D eigenvalue weighted by Gasteiger charge is -2.34. The first-order valence-electron chi connectivity index (χ1n) is 9.32. The van der Waals surface area contributed by atoms with Crippen LogP contribution in [0.25, 0.3) is 0 Å². The summed E-state index contributed by atoms with van der Waals surface area (Å²) < 4.78 is 49.9. The van der Waals surface area contributed by atoms with E-state index in [1.807, 2.05) is 0 Å². The highest BCUT2D eigenvalue weighted by Gasteiger charge is 2.53. The van der Waals surface area contributed by atoms with Crippen molar-refractivity contribution in [2.45, 2.75) is 54.2 Å². The molecule has 1 saturated carbocycles. The summed E-state index contributed by atoms with van der Waals surface area (Å²) in [6.45, 7) is 0.640. The van der Waals surface area contributed by atoms with E-state index in [9.17, 15) is 21.6 Å². The number of sulfone groups is 1. The first kappa shape index (κ1) is 21.5. The van der Waals surface area contributed by atoms with E-state index in [0.29, 0.717) is 43.8 Å². The third kappa shape index (κ3) is 4.08. The number of hydrogen-bond acceptors (Lipinski definition) is 5. The third-order valence-electron chi connectivity index (χ3n) is 5.72. The Hall–Kier alpha value is -1.16. The van der Waals surface area contributed by atoms with Crippen LogP contribution in [0.5, 0.6) is 0 Å². The normalized spacial score (nSPS) is 21.5. The molecule has 0 unspecified atom stereocenters. The van der Waals surface area contributed by atoms with E-state index in [4.69, 9.17) is 11.6 Å². The van der Waals surface area contributed by atoms with E-state index in [1.54, 1.807) is 0 Å². The number of sulfonamides is 1. The molecular formula is C18H25ClN2O5S2. The topological polar surface area (TPSA) is 101 Å². The standard InChI is InChI=1S/C18H25ClN2O5S2/c1-27(23,24)21-12-8-15(9-13-21)20-17(22)18(10-2-3-11-18)28(25,26)16-6-4-14(19)5-7-16/h4-7,15H,2-3,8-13H2,1H3,(H,20,22). The molecule has 156 valence electrons. The minimum absolute atomic E-state index is 0.0980. The Labute approximate surface area is 171 Å². The molecule has 1 aliphatic carbocycles. The van der Waals surface area contributed by atoms with E-state index < -0.39 is 30.5 Å². The number of rotatable bonds is 5. The van der Waals surface area contributed by atoms with Gasteiger partial charge in [-0.2, -0.15) is 0 Å². The largest absolute Gasteiger partial charge is 0.352 e. The van der Waals surface area contributed by atoms with Crippen molar-refractivity contribution in [3.05, 3.63) is 29.3 Å². The van der Waals surface area contributed by atoms with Gasteiger partial charge in [0.25, 0.3) is 0 Å². The van der Waals surface area contributed by atoms with Gasteiger partial charge >= 0.3 is 0 Å². The second-order valence-electron chi connectivity index (χ2n) is 7.57. The number of amides is 1. The van der Waals surface area contributed by atoms with Crippen molar-refractivity contribution in [1.82, 2.24) is 9.62 Å². The zero-order valence-corrected chi connectivity index (χ0v) is 18.1. The number of carbonyl (C=O) groups excluding carboxylic acids is 1. The summed E-state index contributed by atoms with van der Waals surface area (Å²) in [5, 5.41) is 3.33. The average molecular weight is 449 g/mol. The zero-order valence-electron chi connectivity index (χ0n) is 15.7.